The molecular formula is C26H29NO2. The molecule has 0 saturated carbocycles. The number of morpholine rings is 1. The first kappa shape index (κ1) is 18.7. The number of hydrogen-bond acceptors (Lipinski definition) is 3. The SMILES string of the molecule is CCCN1CC(Cc2cccc3ccccc23)OC2c3cc(O)ccc3CCC21. The van der Waals surface area contributed by atoms with Gasteiger partial charge in [-0.15, -0.1) is 0 Å². The standard InChI is InChI=1S/C26H29NO2/c1-2-14-27-17-22(15-20-8-5-7-18-6-3-4-9-23(18)20)29-26-24-16-21(28)12-10-19(24)11-13-25(26)27/h3-10,12,16,22,25-26,28H,2,11,13-15,17H2,1H3. The van der Waals surface area contributed by atoms with Crippen LogP contribution in [-0.4, -0.2) is 35.2 Å². The van der Waals surface area contributed by atoms with Gasteiger partial charge in [0.1, 0.15) is 5.75 Å². The molecule has 29 heavy (non-hydrogen) atoms. The average molecular weight is 388 g/mol. The molecule has 5 rings (SSSR count). The highest BCUT2D eigenvalue weighted by molar-refractivity contribution is 5.85. The predicted octanol–water partition coefficient (Wildman–Crippen LogP) is 5.25. The van der Waals surface area contributed by atoms with Crippen molar-refractivity contribution in [1.82, 2.24) is 4.90 Å². The monoisotopic (exact) mass is 387 g/mol. The fraction of sp³-hybridized carbons (Fsp3) is 0.385. The number of benzene rings is 3. The summed E-state index contributed by atoms with van der Waals surface area (Å²) in [4.78, 5) is 2.64. The molecule has 1 saturated heterocycles. The maximum absolute atomic E-state index is 10.1. The summed E-state index contributed by atoms with van der Waals surface area (Å²) in [6, 6.07) is 21.4. The van der Waals surface area contributed by atoms with Gasteiger partial charge in [-0.05, 0) is 65.4 Å². The Labute approximate surface area is 172 Å². The van der Waals surface area contributed by atoms with E-state index in [1.807, 2.05) is 6.07 Å². The molecule has 0 spiro atoms. The normalized spacial score (nSPS) is 24.2. The summed E-state index contributed by atoms with van der Waals surface area (Å²) in [5.41, 5.74) is 3.87. The van der Waals surface area contributed by atoms with Crippen molar-refractivity contribution in [2.45, 2.75) is 50.9 Å². The van der Waals surface area contributed by atoms with Gasteiger partial charge in [-0.25, -0.2) is 0 Å². The van der Waals surface area contributed by atoms with Crippen molar-refractivity contribution in [3.05, 3.63) is 77.4 Å². The van der Waals surface area contributed by atoms with Crippen molar-refractivity contribution in [3.8, 4) is 5.75 Å². The molecule has 150 valence electrons. The van der Waals surface area contributed by atoms with Crippen molar-refractivity contribution < 1.29 is 9.84 Å². The average Bonchev–Trinajstić information content (AvgIpc) is 2.74. The highest BCUT2D eigenvalue weighted by Gasteiger charge is 2.40. The summed E-state index contributed by atoms with van der Waals surface area (Å²) in [6.07, 6.45) is 4.46. The van der Waals surface area contributed by atoms with E-state index in [0.29, 0.717) is 11.8 Å². The van der Waals surface area contributed by atoms with E-state index in [2.05, 4.69) is 60.4 Å². The first-order valence-corrected chi connectivity index (χ1v) is 10.9. The van der Waals surface area contributed by atoms with E-state index < -0.39 is 0 Å². The van der Waals surface area contributed by atoms with Crippen LogP contribution in [0.25, 0.3) is 10.8 Å². The minimum atomic E-state index is 0.0473. The lowest BCUT2D eigenvalue weighted by Crippen LogP contribution is -2.53. The smallest absolute Gasteiger partial charge is 0.115 e. The van der Waals surface area contributed by atoms with Crippen LogP contribution < -0.4 is 0 Å². The van der Waals surface area contributed by atoms with Gasteiger partial charge >= 0.3 is 0 Å². The minimum absolute atomic E-state index is 0.0473. The summed E-state index contributed by atoms with van der Waals surface area (Å²) in [5.74, 6) is 0.339. The molecule has 3 nitrogen and oxygen atoms in total. The molecule has 0 amide bonds. The largest absolute Gasteiger partial charge is 0.508 e. The zero-order valence-corrected chi connectivity index (χ0v) is 17.1. The summed E-state index contributed by atoms with van der Waals surface area (Å²) in [6.45, 7) is 4.34. The second kappa shape index (κ2) is 7.81. The van der Waals surface area contributed by atoms with Gasteiger partial charge < -0.3 is 9.84 Å². The number of phenolic OH excluding ortho intramolecular Hbond substituents is 1. The van der Waals surface area contributed by atoms with Crippen molar-refractivity contribution in [2.75, 3.05) is 13.1 Å². The Kier molecular flexibility index (Phi) is 5.03. The maximum Gasteiger partial charge on any atom is 0.115 e. The van der Waals surface area contributed by atoms with Gasteiger partial charge in [-0.1, -0.05) is 55.5 Å². The second-order valence-electron chi connectivity index (χ2n) is 8.51. The maximum atomic E-state index is 10.1. The fourth-order valence-electron chi connectivity index (χ4n) is 5.30. The highest BCUT2D eigenvalue weighted by Crippen LogP contribution is 2.41. The van der Waals surface area contributed by atoms with E-state index in [1.165, 1.54) is 27.5 Å². The topological polar surface area (TPSA) is 32.7 Å². The molecule has 3 aromatic carbocycles. The molecule has 3 heteroatoms. The zero-order valence-electron chi connectivity index (χ0n) is 17.1. The van der Waals surface area contributed by atoms with E-state index >= 15 is 0 Å². The Bertz CT molecular complexity index is 1010. The lowest BCUT2D eigenvalue weighted by atomic mass is 9.83. The predicted molar refractivity (Wildman–Crippen MR) is 117 cm³/mol. The third-order valence-electron chi connectivity index (χ3n) is 6.58. The molecule has 0 bridgehead atoms. The number of hydrogen-bond donors (Lipinski definition) is 1. The third-order valence-corrected chi connectivity index (χ3v) is 6.58. The molecule has 1 heterocycles. The molecule has 1 fully saturated rings. The summed E-state index contributed by atoms with van der Waals surface area (Å²) < 4.78 is 6.75. The van der Waals surface area contributed by atoms with Gasteiger partial charge in [0.05, 0.1) is 12.2 Å². The molecule has 2 aliphatic rings. The number of ether oxygens (including phenoxy) is 1. The Balaban J connectivity index is 1.47. The summed E-state index contributed by atoms with van der Waals surface area (Å²) in [5, 5.41) is 12.7. The highest BCUT2D eigenvalue weighted by atomic mass is 16.5. The van der Waals surface area contributed by atoms with Gasteiger partial charge in [0, 0.05) is 19.0 Å². The van der Waals surface area contributed by atoms with Crippen molar-refractivity contribution in [2.24, 2.45) is 0 Å². The molecule has 1 aliphatic carbocycles. The summed E-state index contributed by atoms with van der Waals surface area (Å²) >= 11 is 0. The lowest BCUT2D eigenvalue weighted by molar-refractivity contribution is -0.127. The van der Waals surface area contributed by atoms with Crippen LogP contribution in [-0.2, 0) is 17.6 Å². The molecule has 0 aromatic heterocycles. The molecule has 0 radical (unpaired) electrons. The van der Waals surface area contributed by atoms with E-state index in [4.69, 9.17) is 4.74 Å². The van der Waals surface area contributed by atoms with E-state index in [9.17, 15) is 5.11 Å². The van der Waals surface area contributed by atoms with Crippen molar-refractivity contribution in [3.63, 3.8) is 0 Å². The van der Waals surface area contributed by atoms with E-state index in [-0.39, 0.29) is 12.2 Å². The van der Waals surface area contributed by atoms with Crippen molar-refractivity contribution in [1.29, 1.82) is 0 Å². The van der Waals surface area contributed by atoms with Gasteiger partial charge in [0.25, 0.3) is 0 Å². The van der Waals surface area contributed by atoms with E-state index in [0.717, 1.165) is 38.8 Å². The number of nitrogens with zero attached hydrogens (tertiary/aromatic N) is 1. The van der Waals surface area contributed by atoms with Crippen LogP contribution in [0.5, 0.6) is 5.75 Å². The van der Waals surface area contributed by atoms with Crippen LogP contribution in [0.1, 0.15) is 42.6 Å². The molecule has 3 atom stereocenters. The van der Waals surface area contributed by atoms with Gasteiger partial charge in [0.15, 0.2) is 0 Å². The van der Waals surface area contributed by atoms with Gasteiger partial charge in [-0.2, -0.15) is 0 Å². The third kappa shape index (κ3) is 3.54. The molecule has 1 aliphatic heterocycles. The molecule has 1 N–H and O–H groups in total. The quantitative estimate of drug-likeness (QED) is 0.663. The number of phenols is 1. The Morgan fingerprint density at radius 1 is 1.07 bits per heavy atom. The van der Waals surface area contributed by atoms with Crippen LogP contribution in [0.3, 0.4) is 0 Å². The first-order valence-electron chi connectivity index (χ1n) is 10.9. The molecular weight excluding hydrogens is 358 g/mol. The minimum Gasteiger partial charge on any atom is -0.508 e. The van der Waals surface area contributed by atoms with Crippen LogP contribution in [0.4, 0.5) is 0 Å². The fourth-order valence-corrected chi connectivity index (χ4v) is 5.30. The Morgan fingerprint density at radius 2 is 1.93 bits per heavy atom. The lowest BCUT2D eigenvalue weighted by Gasteiger charge is -2.47. The number of rotatable bonds is 4. The van der Waals surface area contributed by atoms with Gasteiger partial charge in [-0.3, -0.25) is 4.90 Å². The van der Waals surface area contributed by atoms with Crippen LogP contribution in [0.15, 0.2) is 60.7 Å². The Morgan fingerprint density at radius 3 is 2.83 bits per heavy atom. The number of fused-ring (bicyclic) bond motifs is 4. The number of aryl methyl sites for hydroxylation is 1. The second-order valence-corrected chi connectivity index (χ2v) is 8.51. The number of aromatic hydroxyl groups is 1. The Hall–Kier alpha value is -2.36. The van der Waals surface area contributed by atoms with E-state index in [1.54, 1.807) is 6.07 Å². The van der Waals surface area contributed by atoms with Crippen LogP contribution >= 0.6 is 0 Å². The summed E-state index contributed by atoms with van der Waals surface area (Å²) in [7, 11) is 0. The zero-order chi connectivity index (χ0) is 19.8. The molecule has 3 aromatic rings. The molecule has 3 unspecified atom stereocenters. The van der Waals surface area contributed by atoms with Gasteiger partial charge in [0.2, 0.25) is 0 Å². The van der Waals surface area contributed by atoms with Crippen LogP contribution in [0, 0.1) is 0 Å². The van der Waals surface area contributed by atoms with Crippen LogP contribution in [0.2, 0.25) is 0 Å². The first-order chi connectivity index (χ1) is 14.2. The van der Waals surface area contributed by atoms with Crippen molar-refractivity contribution >= 4 is 10.8 Å².